The molecule has 1 fully saturated rings. The van der Waals surface area contributed by atoms with Crippen molar-refractivity contribution in [1.29, 1.82) is 0 Å². The number of anilines is 2. The van der Waals surface area contributed by atoms with E-state index in [0.29, 0.717) is 16.0 Å². The van der Waals surface area contributed by atoms with Crippen LogP contribution in [0.5, 0.6) is 0 Å². The molecule has 0 unspecified atom stereocenters. The van der Waals surface area contributed by atoms with Gasteiger partial charge in [-0.1, -0.05) is 11.3 Å². The number of hydrogen-bond donors (Lipinski definition) is 1. The van der Waals surface area contributed by atoms with Crippen molar-refractivity contribution in [3.05, 3.63) is 46.8 Å². The van der Waals surface area contributed by atoms with Gasteiger partial charge in [0.25, 0.3) is 5.56 Å². The van der Waals surface area contributed by atoms with Crippen LogP contribution in [0.2, 0.25) is 0 Å². The number of halogens is 1. The molecule has 1 aromatic carbocycles. The third-order valence-corrected chi connectivity index (χ3v) is 6.13. The van der Waals surface area contributed by atoms with Crippen LogP contribution in [-0.2, 0) is 11.3 Å². The molecule has 2 aromatic heterocycles. The van der Waals surface area contributed by atoms with E-state index >= 15 is 0 Å². The number of benzene rings is 1. The fourth-order valence-corrected chi connectivity index (χ4v) is 4.65. The van der Waals surface area contributed by atoms with Gasteiger partial charge in [0.15, 0.2) is 10.8 Å². The number of carbonyl (C=O) groups excluding carboxylic acids is 1. The number of thioether (sulfide) groups is 1. The Morgan fingerprint density at radius 1 is 1.22 bits per heavy atom. The van der Waals surface area contributed by atoms with Gasteiger partial charge in [-0.15, -0.1) is 0 Å². The first-order valence-electron chi connectivity index (χ1n) is 8.34. The third kappa shape index (κ3) is 3.96. The number of nitrogens with one attached hydrogen (secondary N) is 1. The molecule has 1 amide bonds. The Kier molecular flexibility index (Phi) is 5.08. The summed E-state index contributed by atoms with van der Waals surface area (Å²) in [5.74, 6) is 1.31. The number of amides is 1. The maximum Gasteiger partial charge on any atom is 0.273 e. The number of thiazole rings is 1. The van der Waals surface area contributed by atoms with Crippen LogP contribution in [0.4, 0.5) is 15.2 Å². The van der Waals surface area contributed by atoms with E-state index < -0.39 is 0 Å². The van der Waals surface area contributed by atoms with Crippen molar-refractivity contribution in [2.75, 3.05) is 34.8 Å². The van der Waals surface area contributed by atoms with Crippen molar-refractivity contribution in [2.45, 2.75) is 6.54 Å². The Morgan fingerprint density at radius 2 is 1.96 bits per heavy atom. The van der Waals surface area contributed by atoms with Gasteiger partial charge in [-0.3, -0.25) is 14.2 Å². The molecule has 0 saturated carbocycles. The predicted molar refractivity (Wildman–Crippen MR) is 106 cm³/mol. The number of nitrogens with zero attached hydrogens (tertiary/aromatic N) is 4. The molecule has 3 aromatic rings. The molecule has 1 aliphatic heterocycles. The number of carbonyl (C=O) groups is 1. The second-order valence-corrected chi connectivity index (χ2v) is 8.18. The van der Waals surface area contributed by atoms with Crippen LogP contribution < -0.4 is 15.8 Å². The molecule has 1 N–H and O–H groups in total. The van der Waals surface area contributed by atoms with E-state index in [2.05, 4.69) is 20.2 Å². The SMILES string of the molecule is O=C(Cn1cnc2nc(N3CCSCC3)sc2c1=O)Nc1ccc(F)cc1. The number of fused-ring (bicyclic) bond motifs is 1. The van der Waals surface area contributed by atoms with E-state index in [1.54, 1.807) is 0 Å². The molecule has 0 spiro atoms. The van der Waals surface area contributed by atoms with Gasteiger partial charge >= 0.3 is 0 Å². The van der Waals surface area contributed by atoms with E-state index in [0.717, 1.165) is 29.7 Å². The summed E-state index contributed by atoms with van der Waals surface area (Å²) in [4.78, 5) is 35.7. The summed E-state index contributed by atoms with van der Waals surface area (Å²) >= 11 is 3.22. The molecular formula is C17H16FN5O2S2. The summed E-state index contributed by atoms with van der Waals surface area (Å²) in [6.07, 6.45) is 1.34. The van der Waals surface area contributed by atoms with Crippen molar-refractivity contribution in [3.8, 4) is 0 Å². The number of hydrogen-bond acceptors (Lipinski definition) is 7. The summed E-state index contributed by atoms with van der Waals surface area (Å²) in [7, 11) is 0. The van der Waals surface area contributed by atoms with Crippen LogP contribution in [0.15, 0.2) is 35.4 Å². The standard InChI is InChI=1S/C17H16FN5O2S2/c18-11-1-3-12(4-2-11)20-13(24)9-23-10-19-15-14(16(23)25)27-17(21-15)22-5-7-26-8-6-22/h1-4,10H,5-9H2,(H,20,24). The van der Waals surface area contributed by atoms with Crippen LogP contribution in [0, 0.1) is 5.82 Å². The van der Waals surface area contributed by atoms with E-state index in [-0.39, 0.29) is 23.8 Å². The molecule has 0 radical (unpaired) electrons. The van der Waals surface area contributed by atoms with Gasteiger partial charge in [-0.2, -0.15) is 16.7 Å². The lowest BCUT2D eigenvalue weighted by atomic mass is 10.3. The minimum absolute atomic E-state index is 0.174. The highest BCUT2D eigenvalue weighted by atomic mass is 32.2. The maximum absolute atomic E-state index is 12.9. The molecule has 10 heteroatoms. The summed E-state index contributed by atoms with van der Waals surface area (Å²) in [5, 5.41) is 3.43. The second kappa shape index (κ2) is 7.65. The summed E-state index contributed by atoms with van der Waals surface area (Å²) in [5.41, 5.74) is 0.587. The van der Waals surface area contributed by atoms with Crippen molar-refractivity contribution in [2.24, 2.45) is 0 Å². The van der Waals surface area contributed by atoms with Crippen molar-refractivity contribution in [3.63, 3.8) is 0 Å². The highest BCUT2D eigenvalue weighted by molar-refractivity contribution is 7.99. The van der Waals surface area contributed by atoms with Crippen LogP contribution >= 0.6 is 23.1 Å². The first-order valence-corrected chi connectivity index (χ1v) is 10.3. The monoisotopic (exact) mass is 405 g/mol. The van der Waals surface area contributed by atoms with Gasteiger partial charge in [0, 0.05) is 30.3 Å². The van der Waals surface area contributed by atoms with Gasteiger partial charge in [0.2, 0.25) is 5.91 Å². The topological polar surface area (TPSA) is 80.1 Å². The lowest BCUT2D eigenvalue weighted by Gasteiger charge is -2.25. The van der Waals surface area contributed by atoms with E-state index in [1.807, 2.05) is 11.8 Å². The quantitative estimate of drug-likeness (QED) is 0.717. The minimum Gasteiger partial charge on any atom is -0.346 e. The number of rotatable bonds is 4. The fourth-order valence-electron chi connectivity index (χ4n) is 2.73. The summed E-state index contributed by atoms with van der Waals surface area (Å²) < 4.78 is 14.6. The molecule has 0 aliphatic carbocycles. The smallest absolute Gasteiger partial charge is 0.273 e. The molecule has 7 nitrogen and oxygen atoms in total. The maximum atomic E-state index is 12.9. The average Bonchev–Trinajstić information content (AvgIpc) is 3.12. The second-order valence-electron chi connectivity index (χ2n) is 5.98. The number of aromatic nitrogens is 3. The highest BCUT2D eigenvalue weighted by Crippen LogP contribution is 2.27. The molecule has 140 valence electrons. The zero-order chi connectivity index (χ0) is 18.8. The Morgan fingerprint density at radius 3 is 2.70 bits per heavy atom. The third-order valence-electron chi connectivity index (χ3n) is 4.10. The summed E-state index contributed by atoms with van der Waals surface area (Å²) in [6, 6.07) is 5.44. The zero-order valence-corrected chi connectivity index (χ0v) is 15.9. The molecule has 1 saturated heterocycles. The van der Waals surface area contributed by atoms with Crippen molar-refractivity contribution >= 4 is 50.2 Å². The fraction of sp³-hybridized carbons (Fsp3) is 0.294. The van der Waals surface area contributed by atoms with Crippen LogP contribution in [0.3, 0.4) is 0 Å². The highest BCUT2D eigenvalue weighted by Gasteiger charge is 2.18. The molecule has 4 rings (SSSR count). The zero-order valence-electron chi connectivity index (χ0n) is 14.2. The van der Waals surface area contributed by atoms with Gasteiger partial charge in [-0.05, 0) is 24.3 Å². The van der Waals surface area contributed by atoms with Crippen LogP contribution in [-0.4, -0.2) is 45.0 Å². The summed E-state index contributed by atoms with van der Waals surface area (Å²) in [6.45, 7) is 1.63. The van der Waals surface area contributed by atoms with E-state index in [1.165, 1.54) is 46.5 Å². The van der Waals surface area contributed by atoms with Crippen molar-refractivity contribution < 1.29 is 9.18 Å². The van der Waals surface area contributed by atoms with E-state index in [9.17, 15) is 14.0 Å². The van der Waals surface area contributed by atoms with Gasteiger partial charge < -0.3 is 10.2 Å². The normalized spacial score (nSPS) is 14.5. The Labute approximate surface area is 162 Å². The van der Waals surface area contributed by atoms with Gasteiger partial charge in [0.05, 0.1) is 0 Å². The lowest BCUT2D eigenvalue weighted by molar-refractivity contribution is -0.116. The molecule has 27 heavy (non-hydrogen) atoms. The van der Waals surface area contributed by atoms with Crippen LogP contribution in [0.1, 0.15) is 0 Å². The van der Waals surface area contributed by atoms with Crippen molar-refractivity contribution in [1.82, 2.24) is 14.5 Å². The Balaban J connectivity index is 1.53. The Bertz CT molecular complexity index is 1030. The molecule has 1 aliphatic rings. The van der Waals surface area contributed by atoms with E-state index in [4.69, 9.17) is 0 Å². The predicted octanol–water partition coefficient (Wildman–Crippen LogP) is 2.18. The van der Waals surface area contributed by atoms with Gasteiger partial charge in [-0.25, -0.2) is 9.37 Å². The lowest BCUT2D eigenvalue weighted by Crippen LogP contribution is -2.32. The molecule has 3 heterocycles. The molecule has 0 bridgehead atoms. The Hall–Kier alpha value is -2.46. The van der Waals surface area contributed by atoms with Crippen LogP contribution in [0.25, 0.3) is 10.3 Å². The average molecular weight is 405 g/mol. The minimum atomic E-state index is -0.386. The molecular weight excluding hydrogens is 389 g/mol. The molecule has 0 atom stereocenters. The largest absolute Gasteiger partial charge is 0.346 e. The first kappa shape index (κ1) is 17.9. The van der Waals surface area contributed by atoms with Gasteiger partial charge in [0.1, 0.15) is 23.4 Å². The first-order chi connectivity index (χ1) is 13.1.